The molecule has 0 aliphatic rings. The minimum absolute atomic E-state index is 1.31. The molecule has 0 amide bonds. The standard InChI is InChI=1S/C18H16/c1-13(2)11-15-12-14-7-3-4-8-16(14)18-10-6-5-9-17(15)18/h3-12H,1-2H3. The van der Waals surface area contributed by atoms with Gasteiger partial charge in [-0.15, -0.1) is 0 Å². The van der Waals surface area contributed by atoms with Crippen molar-refractivity contribution in [2.75, 3.05) is 0 Å². The van der Waals surface area contributed by atoms with Gasteiger partial charge in [0.05, 0.1) is 0 Å². The van der Waals surface area contributed by atoms with Gasteiger partial charge < -0.3 is 0 Å². The van der Waals surface area contributed by atoms with E-state index in [-0.39, 0.29) is 0 Å². The third-order valence-electron chi connectivity index (χ3n) is 3.24. The van der Waals surface area contributed by atoms with E-state index in [1.54, 1.807) is 0 Å². The van der Waals surface area contributed by atoms with Gasteiger partial charge in [-0.1, -0.05) is 60.2 Å². The van der Waals surface area contributed by atoms with Crippen molar-refractivity contribution in [1.82, 2.24) is 0 Å². The molecule has 0 saturated heterocycles. The summed E-state index contributed by atoms with van der Waals surface area (Å²) in [6.07, 6.45) is 2.26. The van der Waals surface area contributed by atoms with Gasteiger partial charge in [-0.05, 0) is 47.0 Å². The van der Waals surface area contributed by atoms with Crippen LogP contribution in [0.4, 0.5) is 0 Å². The van der Waals surface area contributed by atoms with Gasteiger partial charge in [-0.25, -0.2) is 0 Å². The second kappa shape index (κ2) is 4.30. The quantitative estimate of drug-likeness (QED) is 0.492. The zero-order valence-electron chi connectivity index (χ0n) is 10.8. The zero-order valence-corrected chi connectivity index (χ0v) is 10.8. The molecule has 0 aromatic heterocycles. The van der Waals surface area contributed by atoms with E-state index in [1.807, 2.05) is 0 Å². The summed E-state index contributed by atoms with van der Waals surface area (Å²) >= 11 is 0. The molecule has 0 heterocycles. The van der Waals surface area contributed by atoms with E-state index in [9.17, 15) is 0 Å². The molecule has 0 bridgehead atoms. The summed E-state index contributed by atoms with van der Waals surface area (Å²) in [7, 11) is 0. The fourth-order valence-electron chi connectivity index (χ4n) is 2.51. The van der Waals surface area contributed by atoms with Crippen LogP contribution in [-0.4, -0.2) is 0 Å². The molecule has 0 aliphatic heterocycles. The average Bonchev–Trinajstić information content (AvgIpc) is 2.38. The highest BCUT2D eigenvalue weighted by atomic mass is 14.1. The number of allylic oxidation sites excluding steroid dienone is 1. The zero-order chi connectivity index (χ0) is 12.5. The molecule has 0 N–H and O–H groups in total. The Morgan fingerprint density at radius 1 is 0.778 bits per heavy atom. The molecular formula is C18H16. The highest BCUT2D eigenvalue weighted by molar-refractivity contribution is 6.10. The minimum Gasteiger partial charge on any atom is -0.0758 e. The van der Waals surface area contributed by atoms with Crippen molar-refractivity contribution in [2.24, 2.45) is 0 Å². The van der Waals surface area contributed by atoms with E-state index in [1.165, 1.54) is 32.7 Å². The second-order valence-electron chi connectivity index (χ2n) is 4.95. The first-order chi connectivity index (χ1) is 8.75. The molecule has 3 aromatic carbocycles. The third kappa shape index (κ3) is 1.80. The molecule has 3 aromatic rings. The molecule has 0 aliphatic carbocycles. The lowest BCUT2D eigenvalue weighted by Gasteiger charge is -2.08. The van der Waals surface area contributed by atoms with Crippen molar-refractivity contribution in [3.8, 4) is 0 Å². The van der Waals surface area contributed by atoms with Crippen molar-refractivity contribution in [3.05, 3.63) is 65.7 Å². The molecule has 0 radical (unpaired) electrons. The molecule has 0 nitrogen and oxygen atoms in total. The molecule has 0 heteroatoms. The molecule has 0 unspecified atom stereocenters. The van der Waals surface area contributed by atoms with E-state index in [4.69, 9.17) is 0 Å². The van der Waals surface area contributed by atoms with Gasteiger partial charge in [0.1, 0.15) is 0 Å². The lowest BCUT2D eigenvalue weighted by Crippen LogP contribution is -1.82. The Labute approximate surface area is 108 Å². The van der Waals surface area contributed by atoms with E-state index in [0.717, 1.165) is 0 Å². The number of benzene rings is 3. The average molecular weight is 232 g/mol. The summed E-state index contributed by atoms with van der Waals surface area (Å²) in [6.45, 7) is 4.29. The molecule has 0 saturated carbocycles. The second-order valence-corrected chi connectivity index (χ2v) is 4.95. The van der Waals surface area contributed by atoms with Crippen LogP contribution in [0, 0.1) is 0 Å². The van der Waals surface area contributed by atoms with Gasteiger partial charge in [0, 0.05) is 0 Å². The summed E-state index contributed by atoms with van der Waals surface area (Å²) in [5, 5.41) is 5.31. The Morgan fingerprint density at radius 3 is 2.11 bits per heavy atom. The fraction of sp³-hybridized carbons (Fsp3) is 0.111. The highest BCUT2D eigenvalue weighted by Crippen LogP contribution is 2.29. The topological polar surface area (TPSA) is 0 Å². The highest BCUT2D eigenvalue weighted by Gasteiger charge is 2.03. The van der Waals surface area contributed by atoms with Crippen LogP contribution in [0.2, 0.25) is 0 Å². The number of fused-ring (bicyclic) bond motifs is 3. The summed E-state index contributed by atoms with van der Waals surface area (Å²) in [5.41, 5.74) is 2.64. The summed E-state index contributed by atoms with van der Waals surface area (Å²) in [4.78, 5) is 0. The first-order valence-corrected chi connectivity index (χ1v) is 6.31. The van der Waals surface area contributed by atoms with Crippen LogP contribution in [0.5, 0.6) is 0 Å². The molecular weight excluding hydrogens is 216 g/mol. The van der Waals surface area contributed by atoms with Crippen molar-refractivity contribution in [1.29, 1.82) is 0 Å². The Kier molecular flexibility index (Phi) is 2.64. The van der Waals surface area contributed by atoms with Crippen molar-refractivity contribution >= 4 is 27.6 Å². The van der Waals surface area contributed by atoms with Crippen molar-refractivity contribution in [2.45, 2.75) is 13.8 Å². The molecule has 0 spiro atoms. The Hall–Kier alpha value is -2.08. The van der Waals surface area contributed by atoms with Crippen LogP contribution in [0.3, 0.4) is 0 Å². The van der Waals surface area contributed by atoms with Crippen molar-refractivity contribution in [3.63, 3.8) is 0 Å². The molecule has 88 valence electrons. The lowest BCUT2D eigenvalue weighted by molar-refractivity contribution is 1.43. The normalized spacial score (nSPS) is 10.8. The van der Waals surface area contributed by atoms with Gasteiger partial charge in [-0.3, -0.25) is 0 Å². The lowest BCUT2D eigenvalue weighted by atomic mass is 9.96. The Balaban J connectivity index is 2.50. The minimum atomic E-state index is 1.31. The maximum absolute atomic E-state index is 2.28. The van der Waals surface area contributed by atoms with Crippen LogP contribution >= 0.6 is 0 Å². The SMILES string of the molecule is CC(C)=Cc1cc2ccccc2c2ccccc12. The predicted octanol–water partition coefficient (Wildman–Crippen LogP) is 5.42. The van der Waals surface area contributed by atoms with Crippen molar-refractivity contribution < 1.29 is 0 Å². The van der Waals surface area contributed by atoms with Crippen LogP contribution in [0.1, 0.15) is 19.4 Å². The smallest absolute Gasteiger partial charge is 0.00994 e. The number of hydrogen-bond acceptors (Lipinski definition) is 0. The maximum atomic E-state index is 2.28. The summed E-state index contributed by atoms with van der Waals surface area (Å²) in [5.74, 6) is 0. The van der Waals surface area contributed by atoms with Crippen LogP contribution in [0.15, 0.2) is 60.2 Å². The largest absolute Gasteiger partial charge is 0.0758 e. The summed E-state index contributed by atoms with van der Waals surface area (Å²) in [6, 6.07) is 19.5. The first kappa shape index (κ1) is 11.0. The monoisotopic (exact) mass is 232 g/mol. The molecule has 3 rings (SSSR count). The van der Waals surface area contributed by atoms with Crippen LogP contribution in [-0.2, 0) is 0 Å². The number of rotatable bonds is 1. The van der Waals surface area contributed by atoms with E-state index in [2.05, 4.69) is 74.5 Å². The molecule has 0 atom stereocenters. The summed E-state index contributed by atoms with van der Waals surface area (Å²) < 4.78 is 0. The van der Waals surface area contributed by atoms with E-state index < -0.39 is 0 Å². The van der Waals surface area contributed by atoms with Gasteiger partial charge in [0.15, 0.2) is 0 Å². The fourth-order valence-corrected chi connectivity index (χ4v) is 2.51. The van der Waals surface area contributed by atoms with Crippen LogP contribution in [0.25, 0.3) is 27.6 Å². The third-order valence-corrected chi connectivity index (χ3v) is 3.24. The van der Waals surface area contributed by atoms with Crippen LogP contribution < -0.4 is 0 Å². The Bertz CT molecular complexity index is 744. The Morgan fingerprint density at radius 2 is 1.39 bits per heavy atom. The van der Waals surface area contributed by atoms with E-state index >= 15 is 0 Å². The van der Waals surface area contributed by atoms with Gasteiger partial charge in [0.25, 0.3) is 0 Å². The predicted molar refractivity (Wildman–Crippen MR) is 80.8 cm³/mol. The first-order valence-electron chi connectivity index (χ1n) is 6.31. The maximum Gasteiger partial charge on any atom is -0.00994 e. The molecule has 18 heavy (non-hydrogen) atoms. The number of hydrogen-bond donors (Lipinski definition) is 0. The van der Waals surface area contributed by atoms with Gasteiger partial charge in [-0.2, -0.15) is 0 Å². The van der Waals surface area contributed by atoms with Gasteiger partial charge >= 0.3 is 0 Å². The molecule has 0 fully saturated rings. The van der Waals surface area contributed by atoms with Gasteiger partial charge in [0.2, 0.25) is 0 Å². The van der Waals surface area contributed by atoms with E-state index in [0.29, 0.717) is 0 Å².